The van der Waals surface area contributed by atoms with Crippen LogP contribution in [-0.2, 0) is 6.18 Å². The van der Waals surface area contributed by atoms with E-state index in [4.69, 9.17) is 4.98 Å². The Kier molecular flexibility index (Phi) is 6.93. The fraction of sp³-hybridized carbons (Fsp3) is 0.267. The fourth-order valence-corrected chi connectivity index (χ4v) is 5.30. The Hall–Kier alpha value is -4.31. The van der Waals surface area contributed by atoms with Gasteiger partial charge in [0.2, 0.25) is 0 Å². The molecule has 4 heterocycles. The molecule has 2 aromatic carbocycles. The summed E-state index contributed by atoms with van der Waals surface area (Å²) in [4.78, 5) is 9.65. The van der Waals surface area contributed by atoms with Gasteiger partial charge in [0.15, 0.2) is 5.65 Å². The lowest BCUT2D eigenvalue weighted by Crippen LogP contribution is -2.28. The summed E-state index contributed by atoms with van der Waals surface area (Å²) in [7, 11) is 0. The minimum absolute atomic E-state index is 0.0101. The molecule has 1 fully saturated rings. The molecule has 0 aliphatic carbocycles. The molecular weight excluding hydrogens is 515 g/mol. The van der Waals surface area contributed by atoms with Crippen molar-refractivity contribution < 1.29 is 13.2 Å². The number of alkyl halides is 3. The van der Waals surface area contributed by atoms with Crippen molar-refractivity contribution in [2.75, 3.05) is 18.4 Å². The van der Waals surface area contributed by atoms with Crippen molar-refractivity contribution in [3.05, 3.63) is 96.2 Å². The van der Waals surface area contributed by atoms with E-state index >= 15 is 0 Å². The van der Waals surface area contributed by atoms with E-state index in [-0.39, 0.29) is 12.0 Å². The molecule has 1 aliphatic heterocycles. The second kappa shape index (κ2) is 10.7. The molecule has 0 bridgehead atoms. The van der Waals surface area contributed by atoms with Crippen molar-refractivity contribution in [2.45, 2.75) is 37.9 Å². The lowest BCUT2D eigenvalue weighted by Gasteiger charge is -2.24. The second-order valence-electron chi connectivity index (χ2n) is 10.0. The van der Waals surface area contributed by atoms with Crippen LogP contribution in [-0.4, -0.2) is 37.7 Å². The van der Waals surface area contributed by atoms with Gasteiger partial charge in [0.05, 0.1) is 16.8 Å². The minimum atomic E-state index is -4.48. The molecule has 7 nitrogen and oxygen atoms in total. The molecule has 3 aromatic heterocycles. The third-order valence-electron chi connectivity index (χ3n) is 7.36. The second-order valence-corrected chi connectivity index (χ2v) is 10.0. The minimum Gasteiger partial charge on any atom is -0.364 e. The summed E-state index contributed by atoms with van der Waals surface area (Å²) in [6, 6.07) is 19.0. The number of anilines is 1. The van der Waals surface area contributed by atoms with E-state index in [0.29, 0.717) is 28.3 Å². The molecule has 40 heavy (non-hydrogen) atoms. The number of pyridine rings is 1. The van der Waals surface area contributed by atoms with Gasteiger partial charge in [-0.15, -0.1) is 10.2 Å². The van der Waals surface area contributed by atoms with Gasteiger partial charge < -0.3 is 10.6 Å². The lowest BCUT2D eigenvalue weighted by atomic mass is 9.94. The molecule has 1 saturated heterocycles. The third kappa shape index (κ3) is 5.14. The van der Waals surface area contributed by atoms with Gasteiger partial charge in [-0.2, -0.15) is 13.2 Å². The zero-order chi connectivity index (χ0) is 27.7. The van der Waals surface area contributed by atoms with Gasteiger partial charge in [-0.25, -0.2) is 9.97 Å². The van der Waals surface area contributed by atoms with Gasteiger partial charge >= 0.3 is 6.18 Å². The van der Waals surface area contributed by atoms with Crippen LogP contribution in [0, 0.1) is 0 Å². The molecule has 0 amide bonds. The van der Waals surface area contributed by atoms with Crippen LogP contribution in [0.15, 0.2) is 79.3 Å². The molecule has 2 N–H and O–H groups in total. The van der Waals surface area contributed by atoms with Crippen LogP contribution in [0.4, 0.5) is 19.0 Å². The first-order chi connectivity index (χ1) is 19.4. The van der Waals surface area contributed by atoms with Crippen molar-refractivity contribution in [3.8, 4) is 22.4 Å². The largest absolute Gasteiger partial charge is 0.416 e. The Balaban J connectivity index is 1.52. The van der Waals surface area contributed by atoms with Crippen LogP contribution in [0.5, 0.6) is 0 Å². The predicted octanol–water partition coefficient (Wildman–Crippen LogP) is 6.51. The smallest absolute Gasteiger partial charge is 0.364 e. The van der Waals surface area contributed by atoms with Gasteiger partial charge in [-0.1, -0.05) is 42.5 Å². The molecule has 0 saturated carbocycles. The van der Waals surface area contributed by atoms with E-state index in [1.165, 1.54) is 6.07 Å². The number of benzene rings is 2. The summed E-state index contributed by atoms with van der Waals surface area (Å²) in [6.07, 6.45) is 0.581. The van der Waals surface area contributed by atoms with Crippen molar-refractivity contribution in [1.29, 1.82) is 0 Å². The highest BCUT2D eigenvalue weighted by atomic mass is 19.4. The number of hydrogen-bond acceptors (Lipinski definition) is 6. The quantitative estimate of drug-likeness (QED) is 0.254. The van der Waals surface area contributed by atoms with E-state index in [1.54, 1.807) is 18.6 Å². The average Bonchev–Trinajstić information content (AvgIpc) is 3.47. The van der Waals surface area contributed by atoms with E-state index in [0.717, 1.165) is 55.0 Å². The number of halogens is 3. The monoisotopic (exact) mass is 543 g/mol. The molecule has 6 rings (SSSR count). The first-order valence-electron chi connectivity index (χ1n) is 13.3. The number of nitrogens with zero attached hydrogens (tertiary/aromatic N) is 5. The molecule has 5 aromatic rings. The van der Waals surface area contributed by atoms with E-state index in [9.17, 15) is 13.2 Å². The van der Waals surface area contributed by atoms with E-state index in [2.05, 4.69) is 25.8 Å². The standard InChI is InChI=1S/C30H28F3N7/c1-19(20-6-3-2-4-7-20)37-25-17-23(12-15-35-25)27-26(22-8-5-9-24(16-22)30(31,32)33)29-39-36-18-40(29)28(38-27)21-10-13-34-14-11-21/h2-9,12,15-19,21,34H,10-11,13-14H2,1H3,(H,35,37). The summed E-state index contributed by atoms with van der Waals surface area (Å²) in [6.45, 7) is 3.77. The number of piperidine rings is 1. The van der Waals surface area contributed by atoms with Gasteiger partial charge in [-0.3, -0.25) is 4.40 Å². The third-order valence-corrected chi connectivity index (χ3v) is 7.36. The summed E-state index contributed by atoms with van der Waals surface area (Å²) in [5.41, 5.74) is 2.99. The van der Waals surface area contributed by atoms with Crippen LogP contribution < -0.4 is 10.6 Å². The average molecular weight is 544 g/mol. The van der Waals surface area contributed by atoms with Crippen LogP contribution in [0.25, 0.3) is 28.0 Å². The van der Waals surface area contributed by atoms with Gasteiger partial charge in [0.25, 0.3) is 0 Å². The molecular formula is C30H28F3N7. The number of fused-ring (bicyclic) bond motifs is 1. The maximum absolute atomic E-state index is 13.7. The topological polar surface area (TPSA) is 80.0 Å². The van der Waals surface area contributed by atoms with Crippen molar-refractivity contribution in [2.24, 2.45) is 0 Å². The molecule has 0 radical (unpaired) electrons. The molecule has 0 spiro atoms. The van der Waals surface area contributed by atoms with Crippen molar-refractivity contribution in [3.63, 3.8) is 0 Å². The van der Waals surface area contributed by atoms with Gasteiger partial charge in [-0.05, 0) is 68.2 Å². The number of nitrogens with one attached hydrogen (secondary N) is 2. The Bertz CT molecular complexity index is 1630. The SMILES string of the molecule is CC(Nc1cc(-c2nc(C3CCNCC3)n3cnnc3c2-c2cccc(C(F)(F)F)c2)ccn1)c1ccccc1. The Morgan fingerprint density at radius 2 is 1.77 bits per heavy atom. The Labute approximate surface area is 229 Å². The number of hydrogen-bond donors (Lipinski definition) is 2. The number of aromatic nitrogens is 5. The van der Waals surface area contributed by atoms with Gasteiger partial charge in [0, 0.05) is 23.7 Å². The van der Waals surface area contributed by atoms with Crippen molar-refractivity contribution >= 4 is 11.5 Å². The first kappa shape index (κ1) is 25.9. The van der Waals surface area contributed by atoms with Crippen LogP contribution in [0.2, 0.25) is 0 Å². The van der Waals surface area contributed by atoms with Crippen LogP contribution >= 0.6 is 0 Å². The molecule has 1 aliphatic rings. The van der Waals surface area contributed by atoms with E-state index in [1.807, 2.05) is 53.8 Å². The van der Waals surface area contributed by atoms with E-state index < -0.39 is 11.7 Å². The first-order valence-corrected chi connectivity index (χ1v) is 13.3. The molecule has 10 heteroatoms. The highest BCUT2D eigenvalue weighted by molar-refractivity contribution is 5.90. The van der Waals surface area contributed by atoms with Crippen LogP contribution in [0.3, 0.4) is 0 Å². The lowest BCUT2D eigenvalue weighted by molar-refractivity contribution is -0.137. The highest BCUT2D eigenvalue weighted by Gasteiger charge is 2.32. The molecule has 1 unspecified atom stereocenters. The van der Waals surface area contributed by atoms with Gasteiger partial charge in [0.1, 0.15) is 18.0 Å². The molecule has 204 valence electrons. The maximum atomic E-state index is 13.7. The Morgan fingerprint density at radius 3 is 2.55 bits per heavy atom. The fourth-order valence-electron chi connectivity index (χ4n) is 5.30. The molecule has 1 atom stereocenters. The van der Waals surface area contributed by atoms with Crippen LogP contribution in [0.1, 0.15) is 48.7 Å². The normalized spacial score (nSPS) is 15.3. The van der Waals surface area contributed by atoms with Crippen molar-refractivity contribution in [1.82, 2.24) is 29.9 Å². The zero-order valence-electron chi connectivity index (χ0n) is 21.9. The summed E-state index contributed by atoms with van der Waals surface area (Å²) in [5, 5.41) is 15.3. The predicted molar refractivity (Wildman–Crippen MR) is 148 cm³/mol. The highest BCUT2D eigenvalue weighted by Crippen LogP contribution is 2.39. The maximum Gasteiger partial charge on any atom is 0.416 e. The number of rotatable bonds is 6. The summed E-state index contributed by atoms with van der Waals surface area (Å²) in [5.74, 6) is 1.60. The Morgan fingerprint density at radius 1 is 0.975 bits per heavy atom. The summed E-state index contributed by atoms with van der Waals surface area (Å²) >= 11 is 0. The summed E-state index contributed by atoms with van der Waals surface area (Å²) < 4.78 is 43.0. The zero-order valence-corrected chi connectivity index (χ0v) is 21.9.